The van der Waals surface area contributed by atoms with Gasteiger partial charge in [0.2, 0.25) is 5.91 Å². The molecule has 0 saturated carbocycles. The van der Waals surface area contributed by atoms with Gasteiger partial charge in [-0.25, -0.2) is 4.39 Å². The van der Waals surface area contributed by atoms with Gasteiger partial charge >= 0.3 is 0 Å². The first kappa shape index (κ1) is 17.1. The molecule has 0 heterocycles. The highest BCUT2D eigenvalue weighted by Crippen LogP contribution is 2.14. The van der Waals surface area contributed by atoms with E-state index in [0.717, 1.165) is 0 Å². The predicted octanol–water partition coefficient (Wildman–Crippen LogP) is 2.94. The van der Waals surface area contributed by atoms with E-state index < -0.39 is 4.92 Å². The predicted molar refractivity (Wildman–Crippen MR) is 87.0 cm³/mol. The molecule has 0 unspecified atom stereocenters. The third-order valence-corrected chi connectivity index (χ3v) is 2.99. The van der Waals surface area contributed by atoms with Crippen molar-refractivity contribution in [2.45, 2.75) is 0 Å². The van der Waals surface area contributed by atoms with E-state index in [1.165, 1.54) is 48.6 Å². The van der Waals surface area contributed by atoms with Crippen molar-refractivity contribution in [3.8, 4) is 5.75 Å². The molecule has 0 aromatic heterocycles. The van der Waals surface area contributed by atoms with E-state index in [4.69, 9.17) is 4.74 Å². The minimum absolute atomic E-state index is 0.0368. The van der Waals surface area contributed by atoms with E-state index in [2.05, 4.69) is 5.32 Å². The number of nitro benzene ring substituents is 1. The summed E-state index contributed by atoms with van der Waals surface area (Å²) >= 11 is 0. The highest BCUT2D eigenvalue weighted by molar-refractivity contribution is 5.91. The van der Waals surface area contributed by atoms with Crippen molar-refractivity contribution in [1.82, 2.24) is 5.32 Å². The molecule has 24 heavy (non-hydrogen) atoms. The molecule has 0 radical (unpaired) electrons. The molecular weight excluding hydrogens is 315 g/mol. The molecule has 0 saturated heterocycles. The number of carbonyl (C=O) groups is 1. The zero-order valence-electron chi connectivity index (χ0n) is 12.6. The molecule has 6 nitrogen and oxygen atoms in total. The summed E-state index contributed by atoms with van der Waals surface area (Å²) in [4.78, 5) is 21.8. The summed E-state index contributed by atoms with van der Waals surface area (Å²) in [7, 11) is 0. The van der Waals surface area contributed by atoms with Crippen molar-refractivity contribution in [1.29, 1.82) is 0 Å². The number of hydrogen-bond donors (Lipinski definition) is 1. The Morgan fingerprint density at radius 1 is 1.25 bits per heavy atom. The van der Waals surface area contributed by atoms with Gasteiger partial charge in [-0.3, -0.25) is 14.9 Å². The zero-order valence-corrected chi connectivity index (χ0v) is 12.6. The van der Waals surface area contributed by atoms with Gasteiger partial charge in [-0.15, -0.1) is 0 Å². The summed E-state index contributed by atoms with van der Waals surface area (Å²) in [5.41, 5.74) is 0.521. The van der Waals surface area contributed by atoms with Crippen LogP contribution in [0.4, 0.5) is 10.1 Å². The second-order valence-corrected chi connectivity index (χ2v) is 4.78. The number of nitrogens with one attached hydrogen (secondary N) is 1. The molecule has 0 bridgehead atoms. The van der Waals surface area contributed by atoms with E-state index in [1.807, 2.05) is 0 Å². The Hall–Kier alpha value is -3.22. The molecule has 2 aromatic rings. The molecule has 124 valence electrons. The van der Waals surface area contributed by atoms with Crippen LogP contribution in [0, 0.1) is 15.9 Å². The molecule has 0 atom stereocenters. The quantitative estimate of drug-likeness (QED) is 0.366. The first-order chi connectivity index (χ1) is 11.5. The topological polar surface area (TPSA) is 81.5 Å². The molecule has 7 heteroatoms. The lowest BCUT2D eigenvalue weighted by Gasteiger charge is -2.06. The van der Waals surface area contributed by atoms with Crippen LogP contribution in [0.15, 0.2) is 54.6 Å². The van der Waals surface area contributed by atoms with E-state index in [9.17, 15) is 19.3 Å². The van der Waals surface area contributed by atoms with Gasteiger partial charge in [0.15, 0.2) is 0 Å². The number of non-ortho nitro benzene ring substituents is 1. The molecule has 0 aliphatic carbocycles. The molecule has 2 aromatic carbocycles. The fraction of sp³-hybridized carbons (Fsp3) is 0.118. The van der Waals surface area contributed by atoms with Gasteiger partial charge in [0.25, 0.3) is 5.69 Å². The highest BCUT2D eigenvalue weighted by atomic mass is 19.1. The van der Waals surface area contributed by atoms with Crippen LogP contribution in [-0.2, 0) is 4.79 Å². The van der Waals surface area contributed by atoms with Crippen molar-refractivity contribution >= 4 is 17.7 Å². The molecule has 1 amide bonds. The van der Waals surface area contributed by atoms with Crippen LogP contribution in [0.25, 0.3) is 6.08 Å². The smallest absolute Gasteiger partial charge is 0.270 e. The minimum atomic E-state index is -0.496. The molecule has 0 spiro atoms. The van der Waals surface area contributed by atoms with E-state index in [0.29, 0.717) is 11.3 Å². The molecule has 1 N–H and O–H groups in total. The molecule has 0 fully saturated rings. The average molecular weight is 330 g/mol. The number of halogens is 1. The summed E-state index contributed by atoms with van der Waals surface area (Å²) in [6.45, 7) is 0.511. The van der Waals surface area contributed by atoms with Crippen LogP contribution in [0.2, 0.25) is 0 Å². The Labute approximate surface area is 137 Å². The number of nitro groups is 1. The van der Waals surface area contributed by atoms with Crippen LogP contribution >= 0.6 is 0 Å². The summed E-state index contributed by atoms with van der Waals surface area (Å²) < 4.78 is 18.1. The lowest BCUT2D eigenvalue weighted by Crippen LogP contribution is -2.26. The van der Waals surface area contributed by atoms with Crippen molar-refractivity contribution in [2.24, 2.45) is 0 Å². The number of benzene rings is 2. The monoisotopic (exact) mass is 330 g/mol. The summed E-state index contributed by atoms with van der Waals surface area (Å²) in [5, 5.41) is 13.3. The normalized spacial score (nSPS) is 10.5. The van der Waals surface area contributed by atoms with Gasteiger partial charge in [0.05, 0.1) is 11.5 Å². The Balaban J connectivity index is 1.75. The average Bonchev–Trinajstić information content (AvgIpc) is 2.58. The Morgan fingerprint density at radius 3 is 2.71 bits per heavy atom. The number of rotatable bonds is 7. The number of carbonyl (C=O) groups excluding carboxylic acids is 1. The second-order valence-electron chi connectivity index (χ2n) is 4.78. The fourth-order valence-electron chi connectivity index (χ4n) is 1.85. The summed E-state index contributed by atoms with van der Waals surface area (Å²) in [5.74, 6) is -0.177. The number of amides is 1. The summed E-state index contributed by atoms with van der Waals surface area (Å²) in [6.07, 6.45) is 2.78. The molecular formula is C17H15FN2O4. The lowest BCUT2D eigenvalue weighted by atomic mass is 10.2. The van der Waals surface area contributed by atoms with Crippen LogP contribution in [0.3, 0.4) is 0 Å². The molecule has 0 aliphatic rings. The standard InChI is InChI=1S/C17H15FN2O4/c18-14-5-7-16(8-6-14)24-11-10-19-17(21)9-4-13-2-1-3-15(12-13)20(22)23/h1-9,12H,10-11H2,(H,19,21)/b9-4+. The van der Waals surface area contributed by atoms with Crippen molar-refractivity contribution in [2.75, 3.05) is 13.2 Å². The number of nitrogens with zero attached hydrogens (tertiary/aromatic N) is 1. The van der Waals surface area contributed by atoms with Gasteiger partial charge in [-0.1, -0.05) is 12.1 Å². The number of hydrogen-bond acceptors (Lipinski definition) is 4. The van der Waals surface area contributed by atoms with E-state index in [-0.39, 0.29) is 30.6 Å². The third kappa shape index (κ3) is 5.53. The van der Waals surface area contributed by atoms with Gasteiger partial charge in [0.1, 0.15) is 18.2 Å². The zero-order chi connectivity index (χ0) is 17.4. The van der Waals surface area contributed by atoms with Crippen molar-refractivity contribution in [3.05, 3.63) is 76.1 Å². The Bertz CT molecular complexity index is 745. The molecule has 0 aliphatic heterocycles. The van der Waals surface area contributed by atoms with Crippen LogP contribution in [-0.4, -0.2) is 24.0 Å². The highest BCUT2D eigenvalue weighted by Gasteiger charge is 2.04. The van der Waals surface area contributed by atoms with Gasteiger partial charge in [-0.05, 0) is 35.9 Å². The molecule has 2 rings (SSSR count). The lowest BCUT2D eigenvalue weighted by molar-refractivity contribution is -0.384. The van der Waals surface area contributed by atoms with Gasteiger partial charge < -0.3 is 10.1 Å². The maximum Gasteiger partial charge on any atom is 0.270 e. The first-order valence-corrected chi connectivity index (χ1v) is 7.13. The van der Waals surface area contributed by atoms with Crippen LogP contribution < -0.4 is 10.1 Å². The van der Waals surface area contributed by atoms with Crippen molar-refractivity contribution < 1.29 is 18.8 Å². The van der Waals surface area contributed by atoms with Crippen LogP contribution in [0.1, 0.15) is 5.56 Å². The fourth-order valence-corrected chi connectivity index (χ4v) is 1.85. The minimum Gasteiger partial charge on any atom is -0.492 e. The Kier molecular flexibility index (Phi) is 6.01. The number of ether oxygens (including phenoxy) is 1. The maximum atomic E-state index is 12.7. The van der Waals surface area contributed by atoms with Gasteiger partial charge in [-0.2, -0.15) is 0 Å². The van der Waals surface area contributed by atoms with E-state index in [1.54, 1.807) is 12.1 Å². The summed E-state index contributed by atoms with van der Waals surface area (Å²) in [6, 6.07) is 11.5. The van der Waals surface area contributed by atoms with Crippen molar-refractivity contribution in [3.63, 3.8) is 0 Å². The van der Waals surface area contributed by atoms with Crippen LogP contribution in [0.5, 0.6) is 5.75 Å². The largest absolute Gasteiger partial charge is 0.492 e. The third-order valence-electron chi connectivity index (χ3n) is 2.99. The maximum absolute atomic E-state index is 12.7. The van der Waals surface area contributed by atoms with E-state index >= 15 is 0 Å². The van der Waals surface area contributed by atoms with Gasteiger partial charge in [0, 0.05) is 18.2 Å². The Morgan fingerprint density at radius 2 is 2.00 bits per heavy atom. The SMILES string of the molecule is O=C(/C=C/c1cccc([N+](=O)[O-])c1)NCCOc1ccc(F)cc1. The first-order valence-electron chi connectivity index (χ1n) is 7.13. The second kappa shape index (κ2) is 8.42.